The van der Waals surface area contributed by atoms with Crippen LogP contribution in [0.3, 0.4) is 0 Å². The highest BCUT2D eigenvalue weighted by Crippen LogP contribution is 2.36. The summed E-state index contributed by atoms with van der Waals surface area (Å²) >= 11 is 0. The van der Waals surface area contributed by atoms with Gasteiger partial charge in [0.1, 0.15) is 0 Å². The Morgan fingerprint density at radius 2 is 1.79 bits per heavy atom. The molecule has 1 saturated carbocycles. The highest BCUT2D eigenvalue weighted by Gasteiger charge is 2.40. The Morgan fingerprint density at radius 1 is 1.07 bits per heavy atom. The summed E-state index contributed by atoms with van der Waals surface area (Å²) in [5.74, 6) is 0. The number of hydrogen-bond acceptors (Lipinski definition) is 2. The van der Waals surface area contributed by atoms with Crippen LogP contribution in [0.4, 0.5) is 0 Å². The van der Waals surface area contributed by atoms with Crippen molar-refractivity contribution in [1.29, 1.82) is 0 Å². The Morgan fingerprint density at radius 3 is 2.43 bits per heavy atom. The molecule has 14 heavy (non-hydrogen) atoms. The minimum atomic E-state index is -0.354. The normalized spacial score (nSPS) is 34.3. The molecule has 1 saturated heterocycles. The van der Waals surface area contributed by atoms with Gasteiger partial charge in [0.05, 0.1) is 5.60 Å². The summed E-state index contributed by atoms with van der Waals surface area (Å²) in [4.78, 5) is 2.38. The maximum atomic E-state index is 10.6. The Kier molecular flexibility index (Phi) is 3.13. The van der Waals surface area contributed by atoms with E-state index in [2.05, 4.69) is 11.9 Å². The smallest absolute Gasteiger partial charge is 0.0802 e. The third-order valence-electron chi connectivity index (χ3n) is 4.11. The number of rotatable bonds is 1. The number of likely N-dealkylation sites (tertiary alicyclic amines) is 1. The molecule has 2 rings (SSSR count). The van der Waals surface area contributed by atoms with Crippen molar-refractivity contribution in [3.05, 3.63) is 0 Å². The number of nitrogens with zero attached hydrogens (tertiary/aromatic N) is 1. The molecule has 0 aromatic heterocycles. The fourth-order valence-electron chi connectivity index (χ4n) is 3.25. The second-order valence-corrected chi connectivity index (χ2v) is 5.16. The average Bonchev–Trinajstić information content (AvgIpc) is 2.19. The zero-order valence-corrected chi connectivity index (χ0v) is 9.34. The van der Waals surface area contributed by atoms with Crippen LogP contribution in [0.25, 0.3) is 0 Å². The van der Waals surface area contributed by atoms with Gasteiger partial charge in [-0.2, -0.15) is 0 Å². The molecule has 0 aromatic rings. The second kappa shape index (κ2) is 4.19. The van der Waals surface area contributed by atoms with E-state index in [1.54, 1.807) is 0 Å². The molecule has 0 bridgehead atoms. The van der Waals surface area contributed by atoms with E-state index in [1.165, 1.54) is 45.1 Å². The number of hydrogen-bond donors (Lipinski definition) is 1. The van der Waals surface area contributed by atoms with Crippen LogP contribution < -0.4 is 0 Å². The van der Waals surface area contributed by atoms with Crippen molar-refractivity contribution in [2.45, 2.75) is 63.0 Å². The van der Waals surface area contributed by atoms with Crippen molar-refractivity contribution in [3.63, 3.8) is 0 Å². The van der Waals surface area contributed by atoms with Gasteiger partial charge in [0.2, 0.25) is 0 Å². The van der Waals surface area contributed by atoms with Crippen molar-refractivity contribution in [1.82, 2.24) is 4.90 Å². The highest BCUT2D eigenvalue weighted by molar-refractivity contribution is 4.95. The van der Waals surface area contributed by atoms with Gasteiger partial charge >= 0.3 is 0 Å². The fourth-order valence-corrected chi connectivity index (χ4v) is 3.25. The lowest BCUT2D eigenvalue weighted by molar-refractivity contribution is -0.0774. The van der Waals surface area contributed by atoms with Gasteiger partial charge in [-0.15, -0.1) is 0 Å². The molecule has 0 aromatic carbocycles. The maximum Gasteiger partial charge on any atom is 0.0802 e. The Labute approximate surface area is 87.3 Å². The number of piperidine rings is 1. The Hall–Kier alpha value is -0.0800. The van der Waals surface area contributed by atoms with E-state index in [1.807, 2.05) is 0 Å². The SMILES string of the molecule is CN1CCCCC1C1(O)CCCCC1. The van der Waals surface area contributed by atoms with Crippen molar-refractivity contribution in [2.75, 3.05) is 13.6 Å². The third kappa shape index (κ3) is 1.96. The summed E-state index contributed by atoms with van der Waals surface area (Å²) in [6.07, 6.45) is 9.64. The van der Waals surface area contributed by atoms with Crippen LogP contribution in [0.2, 0.25) is 0 Å². The molecule has 2 fully saturated rings. The van der Waals surface area contributed by atoms with E-state index in [4.69, 9.17) is 0 Å². The van der Waals surface area contributed by atoms with E-state index in [0.29, 0.717) is 6.04 Å². The van der Waals surface area contributed by atoms with Crippen LogP contribution in [0.5, 0.6) is 0 Å². The lowest BCUT2D eigenvalue weighted by atomic mass is 9.76. The van der Waals surface area contributed by atoms with E-state index >= 15 is 0 Å². The largest absolute Gasteiger partial charge is 0.388 e. The molecule has 2 nitrogen and oxygen atoms in total. The molecule has 0 spiro atoms. The first kappa shape index (κ1) is 10.4. The zero-order valence-electron chi connectivity index (χ0n) is 9.34. The fraction of sp³-hybridized carbons (Fsp3) is 1.00. The lowest BCUT2D eigenvalue weighted by Crippen LogP contribution is -2.54. The van der Waals surface area contributed by atoms with Gasteiger partial charge < -0.3 is 10.0 Å². The quantitative estimate of drug-likeness (QED) is 0.696. The molecule has 1 aliphatic carbocycles. The van der Waals surface area contributed by atoms with Gasteiger partial charge in [-0.25, -0.2) is 0 Å². The van der Waals surface area contributed by atoms with E-state index < -0.39 is 0 Å². The van der Waals surface area contributed by atoms with Crippen molar-refractivity contribution >= 4 is 0 Å². The second-order valence-electron chi connectivity index (χ2n) is 5.16. The standard InChI is InChI=1S/C12H23NO/c1-13-10-6-3-7-11(13)12(14)8-4-2-5-9-12/h11,14H,2-10H2,1H3. The topological polar surface area (TPSA) is 23.5 Å². The van der Waals surface area contributed by atoms with Crippen molar-refractivity contribution in [3.8, 4) is 0 Å². The predicted octanol–water partition coefficient (Wildman–Crippen LogP) is 2.17. The molecular formula is C12H23NO. The van der Waals surface area contributed by atoms with Gasteiger partial charge in [0, 0.05) is 6.04 Å². The van der Waals surface area contributed by atoms with Crippen LogP contribution >= 0.6 is 0 Å². The first-order valence-corrected chi connectivity index (χ1v) is 6.15. The highest BCUT2D eigenvalue weighted by atomic mass is 16.3. The molecule has 82 valence electrons. The van der Waals surface area contributed by atoms with Crippen LogP contribution in [0.1, 0.15) is 51.4 Å². The van der Waals surface area contributed by atoms with Gasteiger partial charge in [0.15, 0.2) is 0 Å². The van der Waals surface area contributed by atoms with Crippen molar-refractivity contribution < 1.29 is 5.11 Å². The molecule has 1 N–H and O–H groups in total. The average molecular weight is 197 g/mol. The number of aliphatic hydroxyl groups is 1. The van der Waals surface area contributed by atoms with E-state index in [0.717, 1.165) is 12.8 Å². The molecule has 0 amide bonds. The summed E-state index contributed by atoms with van der Waals surface area (Å²) in [7, 11) is 2.18. The summed E-state index contributed by atoms with van der Waals surface area (Å²) in [6.45, 7) is 1.17. The molecular weight excluding hydrogens is 174 g/mol. The summed E-state index contributed by atoms with van der Waals surface area (Å²) in [6, 6.07) is 0.441. The third-order valence-corrected chi connectivity index (χ3v) is 4.11. The molecule has 1 heterocycles. The summed E-state index contributed by atoms with van der Waals surface area (Å²) < 4.78 is 0. The minimum absolute atomic E-state index is 0.354. The predicted molar refractivity (Wildman–Crippen MR) is 58.3 cm³/mol. The summed E-state index contributed by atoms with van der Waals surface area (Å²) in [5.41, 5.74) is -0.354. The van der Waals surface area contributed by atoms with Crippen LogP contribution in [-0.4, -0.2) is 35.2 Å². The molecule has 1 unspecified atom stereocenters. The van der Waals surface area contributed by atoms with Gasteiger partial charge in [-0.3, -0.25) is 0 Å². The molecule has 2 heteroatoms. The first-order valence-electron chi connectivity index (χ1n) is 6.15. The Bertz CT molecular complexity index is 187. The monoisotopic (exact) mass is 197 g/mol. The maximum absolute atomic E-state index is 10.6. The van der Waals surface area contributed by atoms with Crippen molar-refractivity contribution in [2.24, 2.45) is 0 Å². The van der Waals surface area contributed by atoms with E-state index in [9.17, 15) is 5.11 Å². The molecule has 1 atom stereocenters. The molecule has 1 aliphatic heterocycles. The van der Waals surface area contributed by atoms with Crippen LogP contribution in [0, 0.1) is 0 Å². The minimum Gasteiger partial charge on any atom is -0.388 e. The lowest BCUT2D eigenvalue weighted by Gasteiger charge is -2.46. The number of likely N-dealkylation sites (N-methyl/N-ethyl adjacent to an activating group) is 1. The van der Waals surface area contributed by atoms with Gasteiger partial charge in [0.25, 0.3) is 0 Å². The Balaban J connectivity index is 2.02. The van der Waals surface area contributed by atoms with Gasteiger partial charge in [-0.1, -0.05) is 25.7 Å². The summed E-state index contributed by atoms with van der Waals surface area (Å²) in [5, 5.41) is 10.6. The molecule has 0 radical (unpaired) electrons. The molecule has 2 aliphatic rings. The van der Waals surface area contributed by atoms with E-state index in [-0.39, 0.29) is 5.60 Å². The first-order chi connectivity index (χ1) is 6.72. The van der Waals surface area contributed by atoms with Gasteiger partial charge in [-0.05, 0) is 39.3 Å². The van der Waals surface area contributed by atoms with Crippen LogP contribution in [-0.2, 0) is 0 Å². The van der Waals surface area contributed by atoms with Crippen LogP contribution in [0.15, 0.2) is 0 Å². The zero-order chi connectivity index (χ0) is 10.0.